The average molecular weight is 254 g/mol. The van der Waals surface area contributed by atoms with Gasteiger partial charge in [-0.3, -0.25) is 10.4 Å². The monoisotopic (exact) mass is 254 g/mol. The Morgan fingerprint density at radius 1 is 1.39 bits per heavy atom. The summed E-state index contributed by atoms with van der Waals surface area (Å²) in [4.78, 5) is 6.78. The summed E-state index contributed by atoms with van der Waals surface area (Å²) in [5, 5.41) is 0. The molecular weight excluding hydrogens is 224 g/mol. The van der Waals surface area contributed by atoms with Crippen molar-refractivity contribution in [1.29, 1.82) is 0 Å². The summed E-state index contributed by atoms with van der Waals surface area (Å²) in [5.74, 6) is 6.99. The van der Waals surface area contributed by atoms with Crippen molar-refractivity contribution >= 4 is 5.96 Å². The number of nitrogens with zero attached hydrogens (tertiary/aromatic N) is 2. The topological polar surface area (TPSA) is 53.6 Å². The second-order valence-corrected chi connectivity index (χ2v) is 6.71. The number of hydrogen-bond donors (Lipinski definition) is 2. The molecule has 0 atom stereocenters. The van der Waals surface area contributed by atoms with Crippen molar-refractivity contribution in [3.8, 4) is 0 Å². The normalized spacial score (nSPS) is 21.2. The van der Waals surface area contributed by atoms with Crippen LogP contribution in [0.5, 0.6) is 0 Å². The first-order chi connectivity index (χ1) is 8.35. The van der Waals surface area contributed by atoms with E-state index in [0.717, 1.165) is 12.5 Å². The van der Waals surface area contributed by atoms with E-state index in [4.69, 9.17) is 5.84 Å². The highest BCUT2D eigenvalue weighted by Crippen LogP contribution is 2.36. The molecule has 0 aliphatic heterocycles. The number of guanidine groups is 1. The van der Waals surface area contributed by atoms with Crippen LogP contribution in [0.15, 0.2) is 4.99 Å². The van der Waals surface area contributed by atoms with Gasteiger partial charge in [-0.1, -0.05) is 27.7 Å². The number of hydrogen-bond acceptors (Lipinski definition) is 2. The Balaban J connectivity index is 2.57. The SMILES string of the molecule is CC(C)CN=C(NN)N(C)C1CCC(C)(C)CC1. The Hall–Kier alpha value is -0.770. The second-order valence-electron chi connectivity index (χ2n) is 6.71. The summed E-state index contributed by atoms with van der Waals surface area (Å²) in [6.45, 7) is 9.87. The molecule has 0 bridgehead atoms. The Kier molecular flexibility index (Phi) is 5.45. The number of aliphatic imine (C=N–C) groups is 1. The van der Waals surface area contributed by atoms with Crippen molar-refractivity contribution in [3.63, 3.8) is 0 Å². The molecule has 0 aromatic heterocycles. The fraction of sp³-hybridized carbons (Fsp3) is 0.929. The second kappa shape index (κ2) is 6.41. The van der Waals surface area contributed by atoms with Crippen LogP contribution in [-0.2, 0) is 0 Å². The van der Waals surface area contributed by atoms with Gasteiger partial charge in [0.05, 0.1) is 0 Å². The molecule has 1 fully saturated rings. The van der Waals surface area contributed by atoms with E-state index in [9.17, 15) is 0 Å². The van der Waals surface area contributed by atoms with Gasteiger partial charge in [0, 0.05) is 19.6 Å². The smallest absolute Gasteiger partial charge is 0.208 e. The minimum atomic E-state index is 0.503. The lowest BCUT2D eigenvalue weighted by Crippen LogP contribution is -2.49. The average Bonchev–Trinajstić information content (AvgIpc) is 2.29. The molecule has 0 aromatic rings. The summed E-state index contributed by atoms with van der Waals surface area (Å²) in [6.07, 6.45) is 5.02. The lowest BCUT2D eigenvalue weighted by Gasteiger charge is -2.39. The molecule has 0 amide bonds. The van der Waals surface area contributed by atoms with Crippen molar-refractivity contribution in [1.82, 2.24) is 10.3 Å². The number of nitrogens with two attached hydrogens (primary N) is 1. The summed E-state index contributed by atoms with van der Waals surface area (Å²) in [7, 11) is 2.10. The van der Waals surface area contributed by atoms with Crippen LogP contribution in [0, 0.1) is 11.3 Å². The first-order valence-corrected chi connectivity index (χ1v) is 7.09. The Labute approximate surface area is 112 Å². The quantitative estimate of drug-likeness (QED) is 0.352. The maximum absolute atomic E-state index is 5.60. The highest BCUT2D eigenvalue weighted by molar-refractivity contribution is 5.79. The van der Waals surface area contributed by atoms with Gasteiger partial charge in [0.25, 0.3) is 0 Å². The van der Waals surface area contributed by atoms with Crippen LogP contribution in [0.2, 0.25) is 0 Å². The van der Waals surface area contributed by atoms with Gasteiger partial charge < -0.3 is 4.90 Å². The van der Waals surface area contributed by atoms with Crippen molar-refractivity contribution in [2.45, 2.75) is 59.4 Å². The standard InChI is InChI=1S/C14H30N4/c1-11(2)10-16-13(17-15)18(5)12-6-8-14(3,4)9-7-12/h11-12H,6-10,15H2,1-5H3,(H,16,17). The van der Waals surface area contributed by atoms with E-state index in [2.05, 4.69) is 50.1 Å². The zero-order chi connectivity index (χ0) is 13.8. The van der Waals surface area contributed by atoms with Gasteiger partial charge >= 0.3 is 0 Å². The van der Waals surface area contributed by atoms with Crippen molar-refractivity contribution in [2.24, 2.45) is 22.2 Å². The molecule has 18 heavy (non-hydrogen) atoms. The minimum Gasteiger partial charge on any atom is -0.342 e. The Bertz CT molecular complexity index is 274. The molecule has 0 spiro atoms. The third-order valence-corrected chi connectivity index (χ3v) is 3.93. The lowest BCUT2D eigenvalue weighted by molar-refractivity contribution is 0.166. The molecule has 1 saturated carbocycles. The molecule has 106 valence electrons. The summed E-state index contributed by atoms with van der Waals surface area (Å²) in [6, 6.07) is 0.569. The van der Waals surface area contributed by atoms with Gasteiger partial charge in [-0.05, 0) is 37.0 Å². The maximum Gasteiger partial charge on any atom is 0.208 e. The van der Waals surface area contributed by atoms with E-state index in [1.54, 1.807) is 0 Å². The van der Waals surface area contributed by atoms with Crippen LogP contribution in [0.1, 0.15) is 53.4 Å². The summed E-state index contributed by atoms with van der Waals surface area (Å²) in [5.41, 5.74) is 3.25. The van der Waals surface area contributed by atoms with E-state index in [1.165, 1.54) is 25.7 Å². The maximum atomic E-state index is 5.60. The van der Waals surface area contributed by atoms with Crippen molar-refractivity contribution in [2.75, 3.05) is 13.6 Å². The van der Waals surface area contributed by atoms with E-state index < -0.39 is 0 Å². The summed E-state index contributed by atoms with van der Waals surface area (Å²) >= 11 is 0. The van der Waals surface area contributed by atoms with Gasteiger partial charge in [-0.25, -0.2) is 5.84 Å². The predicted octanol–water partition coefficient (Wildman–Crippen LogP) is 2.36. The largest absolute Gasteiger partial charge is 0.342 e. The van der Waals surface area contributed by atoms with E-state index in [0.29, 0.717) is 17.4 Å². The van der Waals surface area contributed by atoms with Crippen LogP contribution in [0.25, 0.3) is 0 Å². The molecule has 0 unspecified atom stereocenters. The van der Waals surface area contributed by atoms with Gasteiger partial charge in [-0.15, -0.1) is 0 Å². The van der Waals surface area contributed by atoms with E-state index in [1.807, 2.05) is 0 Å². The fourth-order valence-corrected chi connectivity index (χ4v) is 2.47. The number of hydrazine groups is 1. The highest BCUT2D eigenvalue weighted by Gasteiger charge is 2.29. The molecule has 3 N–H and O–H groups in total. The molecule has 1 rings (SSSR count). The zero-order valence-electron chi connectivity index (χ0n) is 12.7. The van der Waals surface area contributed by atoms with Gasteiger partial charge in [0.1, 0.15) is 0 Å². The molecule has 0 radical (unpaired) electrons. The molecule has 0 saturated heterocycles. The lowest BCUT2D eigenvalue weighted by atomic mass is 9.75. The molecule has 4 heteroatoms. The number of nitrogens with one attached hydrogen (secondary N) is 1. The van der Waals surface area contributed by atoms with Crippen LogP contribution in [0.3, 0.4) is 0 Å². The third kappa shape index (κ3) is 4.48. The van der Waals surface area contributed by atoms with Crippen LogP contribution in [0.4, 0.5) is 0 Å². The Morgan fingerprint density at radius 2 is 1.94 bits per heavy atom. The fourth-order valence-electron chi connectivity index (χ4n) is 2.47. The van der Waals surface area contributed by atoms with Crippen LogP contribution in [-0.4, -0.2) is 30.5 Å². The van der Waals surface area contributed by atoms with Crippen molar-refractivity contribution in [3.05, 3.63) is 0 Å². The van der Waals surface area contributed by atoms with Crippen molar-refractivity contribution < 1.29 is 0 Å². The molecular formula is C14H30N4. The molecule has 1 aliphatic carbocycles. The van der Waals surface area contributed by atoms with E-state index in [-0.39, 0.29) is 0 Å². The predicted molar refractivity (Wildman–Crippen MR) is 78.3 cm³/mol. The molecule has 1 aliphatic rings. The first kappa shape index (κ1) is 15.3. The molecule has 0 heterocycles. The number of rotatable bonds is 3. The van der Waals surface area contributed by atoms with Crippen LogP contribution < -0.4 is 11.3 Å². The molecule has 0 aromatic carbocycles. The Morgan fingerprint density at radius 3 is 2.39 bits per heavy atom. The van der Waals surface area contributed by atoms with Crippen LogP contribution >= 0.6 is 0 Å². The van der Waals surface area contributed by atoms with Gasteiger partial charge in [-0.2, -0.15) is 0 Å². The van der Waals surface area contributed by atoms with Gasteiger partial charge in [0.15, 0.2) is 0 Å². The summed E-state index contributed by atoms with van der Waals surface area (Å²) < 4.78 is 0. The van der Waals surface area contributed by atoms with Gasteiger partial charge in [0.2, 0.25) is 5.96 Å². The zero-order valence-corrected chi connectivity index (χ0v) is 12.7. The minimum absolute atomic E-state index is 0.503. The first-order valence-electron chi connectivity index (χ1n) is 7.09. The molecule has 4 nitrogen and oxygen atoms in total. The third-order valence-electron chi connectivity index (χ3n) is 3.93. The highest BCUT2D eigenvalue weighted by atomic mass is 15.4. The van der Waals surface area contributed by atoms with E-state index >= 15 is 0 Å².